The maximum atomic E-state index is 11.7. The van der Waals surface area contributed by atoms with Gasteiger partial charge in [-0.15, -0.1) is 0 Å². The van der Waals surface area contributed by atoms with Crippen molar-refractivity contribution in [2.45, 2.75) is 31.8 Å². The van der Waals surface area contributed by atoms with Gasteiger partial charge in [0.25, 0.3) is 0 Å². The Morgan fingerprint density at radius 2 is 1.90 bits per heavy atom. The Bertz CT molecular complexity index is 544. The summed E-state index contributed by atoms with van der Waals surface area (Å²) in [5, 5.41) is 2.92. The van der Waals surface area contributed by atoms with E-state index in [4.69, 9.17) is 9.47 Å². The van der Waals surface area contributed by atoms with Crippen LogP contribution in [-0.2, 0) is 11.2 Å². The van der Waals surface area contributed by atoms with Crippen LogP contribution < -0.4 is 14.8 Å². The van der Waals surface area contributed by atoms with Crippen LogP contribution in [-0.4, -0.2) is 37.7 Å². The Kier molecular flexibility index (Phi) is 3.30. The van der Waals surface area contributed by atoms with Gasteiger partial charge in [0.15, 0.2) is 11.5 Å². The first kappa shape index (κ1) is 13.2. The molecule has 5 nitrogen and oxygen atoms in total. The monoisotopic (exact) mass is 276 g/mol. The highest BCUT2D eigenvalue weighted by Crippen LogP contribution is 2.41. The summed E-state index contributed by atoms with van der Waals surface area (Å²) in [6.07, 6.45) is 1.47. The van der Waals surface area contributed by atoms with E-state index in [2.05, 4.69) is 23.2 Å². The summed E-state index contributed by atoms with van der Waals surface area (Å²) in [5.41, 5.74) is 2.45. The average Bonchev–Trinajstić information content (AvgIpc) is 2.46. The van der Waals surface area contributed by atoms with Crippen molar-refractivity contribution in [2.75, 3.05) is 20.9 Å². The number of benzene rings is 1. The summed E-state index contributed by atoms with van der Waals surface area (Å²) < 4.78 is 10.8. The van der Waals surface area contributed by atoms with Crippen LogP contribution in [0.1, 0.15) is 30.5 Å². The van der Waals surface area contributed by atoms with Crippen molar-refractivity contribution in [1.82, 2.24) is 10.2 Å². The molecule has 1 fully saturated rings. The molecular weight excluding hydrogens is 256 g/mol. The van der Waals surface area contributed by atoms with Gasteiger partial charge in [-0.05, 0) is 36.6 Å². The van der Waals surface area contributed by atoms with Crippen molar-refractivity contribution >= 4 is 5.91 Å². The van der Waals surface area contributed by atoms with Crippen LogP contribution in [0.2, 0.25) is 0 Å². The van der Waals surface area contributed by atoms with Crippen LogP contribution in [0.25, 0.3) is 0 Å². The highest BCUT2D eigenvalue weighted by atomic mass is 16.5. The first-order valence-electron chi connectivity index (χ1n) is 6.91. The topological polar surface area (TPSA) is 50.8 Å². The van der Waals surface area contributed by atoms with E-state index < -0.39 is 0 Å². The van der Waals surface area contributed by atoms with Crippen LogP contribution in [0.5, 0.6) is 11.5 Å². The molecule has 2 aliphatic heterocycles. The molecule has 1 amide bonds. The maximum absolute atomic E-state index is 11.7. The molecule has 0 aromatic heterocycles. The number of amides is 1. The van der Waals surface area contributed by atoms with Crippen molar-refractivity contribution in [3.63, 3.8) is 0 Å². The molecule has 1 aromatic rings. The van der Waals surface area contributed by atoms with E-state index in [9.17, 15) is 4.79 Å². The maximum Gasteiger partial charge on any atom is 0.222 e. The van der Waals surface area contributed by atoms with E-state index in [1.807, 2.05) is 6.07 Å². The molecule has 3 rings (SSSR count). The Morgan fingerprint density at radius 1 is 1.20 bits per heavy atom. The second kappa shape index (κ2) is 4.98. The Morgan fingerprint density at radius 3 is 2.60 bits per heavy atom. The predicted octanol–water partition coefficient (Wildman–Crippen LogP) is 1.47. The summed E-state index contributed by atoms with van der Waals surface area (Å²) in [5.74, 6) is 1.60. The SMILES string of the molecule is COc1cc2c(cc1OC)[C@H]1CC(=O)NCN1[C@@H](C)C2. The number of rotatable bonds is 2. The lowest BCUT2D eigenvalue weighted by Crippen LogP contribution is -2.53. The molecule has 1 saturated heterocycles. The van der Waals surface area contributed by atoms with Gasteiger partial charge in [0, 0.05) is 18.5 Å². The average molecular weight is 276 g/mol. The molecule has 2 heterocycles. The molecule has 20 heavy (non-hydrogen) atoms. The van der Waals surface area contributed by atoms with Gasteiger partial charge < -0.3 is 14.8 Å². The number of methoxy groups -OCH3 is 2. The van der Waals surface area contributed by atoms with Gasteiger partial charge in [-0.2, -0.15) is 0 Å². The smallest absolute Gasteiger partial charge is 0.222 e. The number of fused-ring (bicyclic) bond motifs is 3. The van der Waals surface area contributed by atoms with Gasteiger partial charge in [-0.3, -0.25) is 9.69 Å². The van der Waals surface area contributed by atoms with Crippen LogP contribution in [0.4, 0.5) is 0 Å². The molecule has 0 saturated carbocycles. The fourth-order valence-electron chi connectivity index (χ4n) is 3.27. The molecule has 1 N–H and O–H groups in total. The minimum atomic E-state index is 0.112. The molecule has 0 radical (unpaired) electrons. The van der Waals surface area contributed by atoms with Crippen molar-refractivity contribution in [3.8, 4) is 11.5 Å². The molecule has 0 aliphatic carbocycles. The minimum Gasteiger partial charge on any atom is -0.493 e. The largest absolute Gasteiger partial charge is 0.493 e. The predicted molar refractivity (Wildman–Crippen MR) is 74.9 cm³/mol. The van der Waals surface area contributed by atoms with Gasteiger partial charge >= 0.3 is 0 Å². The van der Waals surface area contributed by atoms with E-state index in [1.54, 1.807) is 14.2 Å². The zero-order valence-corrected chi connectivity index (χ0v) is 12.1. The summed E-state index contributed by atoms with van der Waals surface area (Å²) in [6.45, 7) is 2.82. The molecular formula is C15H20N2O3. The van der Waals surface area contributed by atoms with Crippen LogP contribution >= 0.6 is 0 Å². The number of carbonyl (C=O) groups is 1. The second-order valence-corrected chi connectivity index (χ2v) is 5.45. The van der Waals surface area contributed by atoms with E-state index in [1.165, 1.54) is 11.1 Å². The summed E-state index contributed by atoms with van der Waals surface area (Å²) in [7, 11) is 3.29. The molecule has 0 spiro atoms. The Labute approximate surface area is 118 Å². The van der Waals surface area contributed by atoms with Gasteiger partial charge in [0.1, 0.15) is 0 Å². The Balaban J connectivity index is 2.07. The number of carbonyl (C=O) groups excluding carboxylic acids is 1. The summed E-state index contributed by atoms with van der Waals surface area (Å²) in [6, 6.07) is 4.62. The fraction of sp³-hybridized carbons (Fsp3) is 0.533. The van der Waals surface area contributed by atoms with Gasteiger partial charge in [0.2, 0.25) is 5.91 Å². The fourth-order valence-corrected chi connectivity index (χ4v) is 3.27. The van der Waals surface area contributed by atoms with Crippen LogP contribution in [0.15, 0.2) is 12.1 Å². The second-order valence-electron chi connectivity index (χ2n) is 5.45. The van der Waals surface area contributed by atoms with E-state index in [-0.39, 0.29) is 11.9 Å². The van der Waals surface area contributed by atoms with E-state index in [0.717, 1.165) is 17.9 Å². The third kappa shape index (κ3) is 2.02. The molecule has 108 valence electrons. The van der Waals surface area contributed by atoms with Crippen molar-refractivity contribution in [3.05, 3.63) is 23.3 Å². The molecule has 2 atom stereocenters. The molecule has 0 unspecified atom stereocenters. The summed E-state index contributed by atoms with van der Waals surface area (Å²) >= 11 is 0. The van der Waals surface area contributed by atoms with Gasteiger partial charge in [0.05, 0.1) is 20.9 Å². The Hall–Kier alpha value is -1.75. The van der Waals surface area contributed by atoms with E-state index in [0.29, 0.717) is 19.1 Å². The third-order valence-corrected chi connectivity index (χ3v) is 4.32. The standard InChI is InChI=1S/C15H20N2O3/c1-9-4-10-5-13(19-2)14(20-3)6-11(10)12-7-15(18)16-8-17(9)12/h5-6,9,12H,4,7-8H2,1-3H3,(H,16,18)/t9-,12+/m0/s1. The first-order chi connectivity index (χ1) is 9.63. The highest BCUT2D eigenvalue weighted by Gasteiger charge is 2.37. The highest BCUT2D eigenvalue weighted by molar-refractivity contribution is 5.78. The van der Waals surface area contributed by atoms with Crippen molar-refractivity contribution in [1.29, 1.82) is 0 Å². The molecule has 1 aromatic carbocycles. The lowest BCUT2D eigenvalue weighted by Gasteiger charge is -2.44. The quantitative estimate of drug-likeness (QED) is 0.888. The molecule has 2 aliphatic rings. The molecule has 0 bridgehead atoms. The first-order valence-corrected chi connectivity index (χ1v) is 6.91. The number of ether oxygens (including phenoxy) is 2. The van der Waals surface area contributed by atoms with E-state index >= 15 is 0 Å². The minimum absolute atomic E-state index is 0.112. The zero-order chi connectivity index (χ0) is 14.3. The molecule has 5 heteroatoms. The third-order valence-electron chi connectivity index (χ3n) is 4.32. The lowest BCUT2D eigenvalue weighted by molar-refractivity contribution is -0.127. The number of hydrogen-bond donors (Lipinski definition) is 1. The normalized spacial score (nSPS) is 25.4. The lowest BCUT2D eigenvalue weighted by atomic mass is 9.86. The van der Waals surface area contributed by atoms with Gasteiger partial charge in [-0.1, -0.05) is 0 Å². The zero-order valence-electron chi connectivity index (χ0n) is 12.1. The van der Waals surface area contributed by atoms with Gasteiger partial charge in [-0.25, -0.2) is 0 Å². The number of nitrogens with one attached hydrogen (secondary N) is 1. The summed E-state index contributed by atoms with van der Waals surface area (Å²) in [4.78, 5) is 14.1. The van der Waals surface area contributed by atoms with Crippen molar-refractivity contribution in [2.24, 2.45) is 0 Å². The van der Waals surface area contributed by atoms with Crippen LogP contribution in [0.3, 0.4) is 0 Å². The van der Waals surface area contributed by atoms with Crippen molar-refractivity contribution < 1.29 is 14.3 Å². The number of nitrogens with zero attached hydrogens (tertiary/aromatic N) is 1. The number of hydrogen-bond acceptors (Lipinski definition) is 4. The van der Waals surface area contributed by atoms with Crippen LogP contribution in [0, 0.1) is 0 Å².